The number of nitrogens with zero attached hydrogens (tertiary/aromatic N) is 1. The van der Waals surface area contributed by atoms with Crippen LogP contribution in [0.3, 0.4) is 0 Å². The summed E-state index contributed by atoms with van der Waals surface area (Å²) in [5.41, 5.74) is 1.19. The van der Waals surface area contributed by atoms with Crippen molar-refractivity contribution >= 4 is 23.2 Å². The molecule has 1 aliphatic heterocycles. The van der Waals surface area contributed by atoms with Crippen LogP contribution in [0.25, 0.3) is 0 Å². The summed E-state index contributed by atoms with van der Waals surface area (Å²) in [6.07, 6.45) is 5.39. The second kappa shape index (κ2) is 6.65. The minimum Gasteiger partial charge on any atom is -0.313 e. The normalized spacial score (nSPS) is 22.6. The Morgan fingerprint density at radius 1 is 1.15 bits per heavy atom. The van der Waals surface area contributed by atoms with Crippen LogP contribution in [-0.2, 0) is 6.54 Å². The summed E-state index contributed by atoms with van der Waals surface area (Å²) in [5.74, 6) is 0.905. The van der Waals surface area contributed by atoms with Gasteiger partial charge in [-0.05, 0) is 55.8 Å². The smallest absolute Gasteiger partial charge is 0.0465 e. The number of hydrogen-bond acceptors (Lipinski definition) is 2. The second-order valence-electron chi connectivity index (χ2n) is 6.17. The maximum atomic E-state index is 6.32. The van der Waals surface area contributed by atoms with Crippen molar-refractivity contribution in [3.05, 3.63) is 33.8 Å². The first-order chi connectivity index (χ1) is 9.70. The zero-order chi connectivity index (χ0) is 13.9. The molecule has 1 aromatic rings. The first-order valence-corrected chi connectivity index (χ1v) is 8.36. The van der Waals surface area contributed by atoms with E-state index in [0.717, 1.165) is 24.0 Å². The van der Waals surface area contributed by atoms with Crippen LogP contribution in [0.5, 0.6) is 0 Å². The van der Waals surface area contributed by atoms with Crippen LogP contribution in [0.4, 0.5) is 0 Å². The van der Waals surface area contributed by atoms with E-state index < -0.39 is 0 Å². The summed E-state index contributed by atoms with van der Waals surface area (Å²) in [5, 5.41) is 5.10. The minimum atomic E-state index is 0.653. The molecule has 0 spiro atoms. The van der Waals surface area contributed by atoms with Crippen LogP contribution in [0.1, 0.15) is 31.2 Å². The molecule has 1 unspecified atom stereocenters. The first kappa shape index (κ1) is 14.6. The first-order valence-electron chi connectivity index (χ1n) is 7.60. The molecular weight excluding hydrogens is 291 g/mol. The summed E-state index contributed by atoms with van der Waals surface area (Å²) in [6.45, 7) is 4.45. The molecule has 0 aromatic heterocycles. The van der Waals surface area contributed by atoms with Crippen LogP contribution in [-0.4, -0.2) is 30.6 Å². The van der Waals surface area contributed by atoms with E-state index in [0.29, 0.717) is 11.1 Å². The number of rotatable bonds is 6. The van der Waals surface area contributed by atoms with Gasteiger partial charge in [0.15, 0.2) is 0 Å². The molecule has 1 aromatic carbocycles. The molecule has 3 rings (SSSR count). The lowest BCUT2D eigenvalue weighted by atomic mass is 10.1. The SMILES string of the molecule is Clc1ccc(CN(CC2CC2)CC2CCCN2)c(Cl)c1. The fourth-order valence-corrected chi connectivity index (χ4v) is 3.45. The van der Waals surface area contributed by atoms with Gasteiger partial charge in [-0.3, -0.25) is 4.90 Å². The van der Waals surface area contributed by atoms with Gasteiger partial charge in [-0.25, -0.2) is 0 Å². The maximum absolute atomic E-state index is 6.32. The van der Waals surface area contributed by atoms with Crippen LogP contribution in [0.2, 0.25) is 10.0 Å². The predicted octanol–water partition coefficient (Wildman–Crippen LogP) is 3.96. The van der Waals surface area contributed by atoms with Gasteiger partial charge in [-0.15, -0.1) is 0 Å². The second-order valence-corrected chi connectivity index (χ2v) is 7.01. The van der Waals surface area contributed by atoms with Gasteiger partial charge in [0, 0.05) is 35.7 Å². The van der Waals surface area contributed by atoms with E-state index in [-0.39, 0.29) is 0 Å². The Bertz CT molecular complexity index is 454. The Balaban J connectivity index is 1.64. The summed E-state index contributed by atoms with van der Waals surface area (Å²) in [6, 6.07) is 6.50. The average Bonchev–Trinajstić information content (AvgIpc) is 3.07. The summed E-state index contributed by atoms with van der Waals surface area (Å²) >= 11 is 12.3. The lowest BCUT2D eigenvalue weighted by Gasteiger charge is -2.26. The number of benzene rings is 1. The van der Waals surface area contributed by atoms with Crippen molar-refractivity contribution < 1.29 is 0 Å². The van der Waals surface area contributed by atoms with Crippen LogP contribution < -0.4 is 5.32 Å². The molecule has 1 N–H and O–H groups in total. The van der Waals surface area contributed by atoms with E-state index >= 15 is 0 Å². The quantitative estimate of drug-likeness (QED) is 0.855. The molecule has 1 atom stereocenters. The van der Waals surface area contributed by atoms with E-state index in [1.54, 1.807) is 0 Å². The summed E-state index contributed by atoms with van der Waals surface area (Å²) in [7, 11) is 0. The van der Waals surface area contributed by atoms with Crippen molar-refractivity contribution in [1.29, 1.82) is 0 Å². The minimum absolute atomic E-state index is 0.653. The van der Waals surface area contributed by atoms with Crippen molar-refractivity contribution in [1.82, 2.24) is 10.2 Å². The van der Waals surface area contributed by atoms with Crippen molar-refractivity contribution in [2.75, 3.05) is 19.6 Å². The predicted molar refractivity (Wildman–Crippen MR) is 85.5 cm³/mol. The zero-order valence-electron chi connectivity index (χ0n) is 11.7. The van der Waals surface area contributed by atoms with E-state index in [2.05, 4.69) is 16.3 Å². The van der Waals surface area contributed by atoms with Crippen LogP contribution in [0.15, 0.2) is 18.2 Å². The number of nitrogens with one attached hydrogen (secondary N) is 1. The van der Waals surface area contributed by atoms with Gasteiger partial charge in [0.05, 0.1) is 0 Å². The highest BCUT2D eigenvalue weighted by Crippen LogP contribution is 2.31. The van der Waals surface area contributed by atoms with Gasteiger partial charge in [-0.1, -0.05) is 29.3 Å². The highest BCUT2D eigenvalue weighted by molar-refractivity contribution is 6.35. The van der Waals surface area contributed by atoms with Crippen LogP contribution in [0, 0.1) is 5.92 Å². The maximum Gasteiger partial charge on any atom is 0.0465 e. The third-order valence-electron chi connectivity index (χ3n) is 4.26. The van der Waals surface area contributed by atoms with E-state index in [1.807, 2.05) is 12.1 Å². The molecule has 4 heteroatoms. The van der Waals surface area contributed by atoms with Gasteiger partial charge in [0.25, 0.3) is 0 Å². The molecule has 20 heavy (non-hydrogen) atoms. The molecule has 110 valence electrons. The largest absolute Gasteiger partial charge is 0.313 e. The number of hydrogen-bond donors (Lipinski definition) is 1. The fraction of sp³-hybridized carbons (Fsp3) is 0.625. The van der Waals surface area contributed by atoms with Crippen molar-refractivity contribution in [2.45, 2.75) is 38.3 Å². The summed E-state index contributed by atoms with van der Waals surface area (Å²) < 4.78 is 0. The van der Waals surface area contributed by atoms with Crippen molar-refractivity contribution in [3.63, 3.8) is 0 Å². The Labute approximate surface area is 131 Å². The van der Waals surface area contributed by atoms with Crippen molar-refractivity contribution in [2.24, 2.45) is 5.92 Å². The Morgan fingerprint density at radius 2 is 2.00 bits per heavy atom. The average molecular weight is 313 g/mol. The Morgan fingerprint density at radius 3 is 2.65 bits per heavy atom. The molecule has 0 radical (unpaired) electrons. The zero-order valence-corrected chi connectivity index (χ0v) is 13.3. The Hall–Kier alpha value is -0.280. The third-order valence-corrected chi connectivity index (χ3v) is 4.85. The highest BCUT2D eigenvalue weighted by Gasteiger charge is 2.26. The molecule has 1 heterocycles. The molecule has 2 aliphatic rings. The monoisotopic (exact) mass is 312 g/mol. The van der Waals surface area contributed by atoms with Gasteiger partial charge in [-0.2, -0.15) is 0 Å². The lowest BCUT2D eigenvalue weighted by Crippen LogP contribution is -2.38. The molecule has 2 nitrogen and oxygen atoms in total. The van der Waals surface area contributed by atoms with Gasteiger partial charge in [0.2, 0.25) is 0 Å². The van der Waals surface area contributed by atoms with E-state index in [9.17, 15) is 0 Å². The fourth-order valence-electron chi connectivity index (χ4n) is 2.98. The van der Waals surface area contributed by atoms with Gasteiger partial charge < -0.3 is 5.32 Å². The van der Waals surface area contributed by atoms with Crippen molar-refractivity contribution in [3.8, 4) is 0 Å². The molecular formula is C16H22Cl2N2. The lowest BCUT2D eigenvalue weighted by molar-refractivity contribution is 0.232. The molecule has 1 saturated heterocycles. The molecule has 0 amide bonds. The third kappa shape index (κ3) is 4.11. The summed E-state index contributed by atoms with van der Waals surface area (Å²) in [4.78, 5) is 2.57. The standard InChI is InChI=1S/C16H22Cl2N2/c17-14-6-5-13(16(18)8-14)10-20(9-12-3-4-12)11-15-2-1-7-19-15/h5-6,8,12,15,19H,1-4,7,9-11H2. The number of halogens is 2. The topological polar surface area (TPSA) is 15.3 Å². The van der Waals surface area contributed by atoms with E-state index in [1.165, 1.54) is 44.3 Å². The Kier molecular flexibility index (Phi) is 4.87. The van der Waals surface area contributed by atoms with Gasteiger partial charge >= 0.3 is 0 Å². The van der Waals surface area contributed by atoms with E-state index in [4.69, 9.17) is 23.2 Å². The molecule has 1 aliphatic carbocycles. The molecule has 2 fully saturated rings. The van der Waals surface area contributed by atoms with Crippen LogP contribution >= 0.6 is 23.2 Å². The molecule has 0 bridgehead atoms. The highest BCUT2D eigenvalue weighted by atomic mass is 35.5. The molecule has 1 saturated carbocycles. The van der Waals surface area contributed by atoms with Gasteiger partial charge in [0.1, 0.15) is 0 Å².